The van der Waals surface area contributed by atoms with Crippen LogP contribution in [0.1, 0.15) is 25.8 Å². The minimum Gasteiger partial charge on any atom is -0.357 e. The zero-order chi connectivity index (χ0) is 16.5. The third kappa shape index (κ3) is 3.23. The Hall–Kier alpha value is -1.66. The summed E-state index contributed by atoms with van der Waals surface area (Å²) in [5, 5.41) is 15.3. The number of rotatable bonds is 4. The molecule has 7 heteroatoms. The summed E-state index contributed by atoms with van der Waals surface area (Å²) >= 11 is 5.80. The van der Waals surface area contributed by atoms with Crippen LogP contribution in [0, 0.1) is 15.5 Å². The first-order valence-electron chi connectivity index (χ1n) is 7.15. The summed E-state index contributed by atoms with van der Waals surface area (Å²) in [7, 11) is 3.76. The fourth-order valence-corrected chi connectivity index (χ4v) is 3.14. The van der Waals surface area contributed by atoms with Crippen molar-refractivity contribution < 1.29 is 4.92 Å². The highest BCUT2D eigenvalue weighted by atomic mass is 35.5. The van der Waals surface area contributed by atoms with Crippen molar-refractivity contribution in [2.24, 2.45) is 5.41 Å². The number of nitrogens with one attached hydrogen (secondary N) is 1. The minimum atomic E-state index is -0.501. The average molecular weight is 325 g/mol. The molecule has 0 bridgehead atoms. The van der Waals surface area contributed by atoms with E-state index in [1.54, 1.807) is 12.3 Å². The number of hydrogen-bond donors (Lipinski definition) is 1. The van der Waals surface area contributed by atoms with Crippen LogP contribution >= 0.6 is 11.6 Å². The Balaban J connectivity index is 2.48. The first kappa shape index (κ1) is 16.7. The highest BCUT2D eigenvalue weighted by molar-refractivity contribution is 6.29. The van der Waals surface area contributed by atoms with Gasteiger partial charge in [0.2, 0.25) is 0 Å². The van der Waals surface area contributed by atoms with Crippen molar-refractivity contribution in [3.63, 3.8) is 0 Å². The van der Waals surface area contributed by atoms with Crippen molar-refractivity contribution in [1.82, 2.24) is 15.2 Å². The molecule has 0 spiro atoms. The summed E-state index contributed by atoms with van der Waals surface area (Å²) in [6.45, 7) is 3.84. The molecule has 2 rings (SSSR count). The standard InChI is InChI=1S/C15H21ClN4O2/c1-15(2)8-13(17-3)19(4)11(14(15)20(21)22)7-10-5-6-12(16)18-9-10/h5-6,9,13,17H,7-8H2,1-4H3. The summed E-state index contributed by atoms with van der Waals surface area (Å²) in [6.07, 6.45) is 2.86. The van der Waals surface area contributed by atoms with Gasteiger partial charge < -0.3 is 10.2 Å². The van der Waals surface area contributed by atoms with Crippen LogP contribution in [-0.2, 0) is 6.42 Å². The highest BCUT2D eigenvalue weighted by Crippen LogP contribution is 2.41. The molecule has 120 valence electrons. The summed E-state index contributed by atoms with van der Waals surface area (Å²) in [5.41, 5.74) is 1.39. The fraction of sp³-hybridized carbons (Fsp3) is 0.533. The topological polar surface area (TPSA) is 71.3 Å². The molecule has 1 aliphatic heterocycles. The Morgan fingerprint density at radius 2 is 2.23 bits per heavy atom. The lowest BCUT2D eigenvalue weighted by Crippen LogP contribution is -2.50. The van der Waals surface area contributed by atoms with Gasteiger partial charge >= 0.3 is 0 Å². The second kappa shape index (κ2) is 6.22. The van der Waals surface area contributed by atoms with Gasteiger partial charge in [-0.2, -0.15) is 0 Å². The number of allylic oxidation sites excluding steroid dienone is 2. The van der Waals surface area contributed by atoms with Crippen LogP contribution < -0.4 is 5.32 Å². The fourth-order valence-electron chi connectivity index (χ4n) is 3.02. The summed E-state index contributed by atoms with van der Waals surface area (Å²) in [6, 6.07) is 3.55. The number of aromatic nitrogens is 1. The Bertz CT molecular complexity index is 598. The van der Waals surface area contributed by atoms with E-state index in [0.717, 1.165) is 5.56 Å². The number of likely N-dealkylation sites (N-methyl/N-ethyl adjacent to an activating group) is 1. The molecular weight excluding hydrogens is 304 g/mol. The van der Waals surface area contributed by atoms with E-state index in [0.29, 0.717) is 23.7 Å². The maximum absolute atomic E-state index is 11.6. The molecule has 0 saturated carbocycles. The number of nitrogens with zero attached hydrogens (tertiary/aromatic N) is 3. The lowest BCUT2D eigenvalue weighted by molar-refractivity contribution is -0.444. The molecule has 0 aliphatic carbocycles. The third-order valence-electron chi connectivity index (χ3n) is 4.19. The molecule has 6 nitrogen and oxygen atoms in total. The largest absolute Gasteiger partial charge is 0.357 e. The van der Waals surface area contributed by atoms with Gasteiger partial charge in [-0.25, -0.2) is 4.98 Å². The smallest absolute Gasteiger partial charge is 0.271 e. The van der Waals surface area contributed by atoms with E-state index in [1.165, 1.54) is 0 Å². The average Bonchev–Trinajstić information content (AvgIpc) is 2.44. The summed E-state index contributed by atoms with van der Waals surface area (Å²) in [5.74, 6) is 0. The lowest BCUT2D eigenvalue weighted by Gasteiger charge is -2.41. The van der Waals surface area contributed by atoms with Crippen LogP contribution in [-0.4, -0.2) is 35.1 Å². The maximum Gasteiger partial charge on any atom is 0.271 e. The van der Waals surface area contributed by atoms with Gasteiger partial charge in [-0.15, -0.1) is 0 Å². The van der Waals surface area contributed by atoms with Crippen molar-refractivity contribution in [2.45, 2.75) is 32.9 Å². The zero-order valence-corrected chi connectivity index (χ0v) is 14.0. The molecule has 1 atom stereocenters. The molecular formula is C15H21ClN4O2. The van der Waals surface area contributed by atoms with E-state index in [1.807, 2.05) is 38.9 Å². The Labute approximate surface area is 135 Å². The molecule has 0 aromatic carbocycles. The molecule has 1 unspecified atom stereocenters. The summed E-state index contributed by atoms with van der Waals surface area (Å²) < 4.78 is 0. The second-order valence-electron chi connectivity index (χ2n) is 6.22. The van der Waals surface area contributed by atoms with Crippen LogP contribution in [0.25, 0.3) is 0 Å². The van der Waals surface area contributed by atoms with Gasteiger partial charge in [-0.1, -0.05) is 17.7 Å². The van der Waals surface area contributed by atoms with Crippen LogP contribution in [0.15, 0.2) is 29.7 Å². The van der Waals surface area contributed by atoms with Crippen molar-refractivity contribution in [2.75, 3.05) is 14.1 Å². The Morgan fingerprint density at radius 3 is 2.73 bits per heavy atom. The Morgan fingerprint density at radius 1 is 1.55 bits per heavy atom. The number of pyridine rings is 1. The van der Waals surface area contributed by atoms with Gasteiger partial charge in [0, 0.05) is 19.7 Å². The molecule has 1 N–H and O–H groups in total. The highest BCUT2D eigenvalue weighted by Gasteiger charge is 2.44. The van der Waals surface area contributed by atoms with E-state index >= 15 is 0 Å². The molecule has 2 heterocycles. The molecule has 0 radical (unpaired) electrons. The number of halogens is 1. The Kier molecular flexibility index (Phi) is 4.72. The van der Waals surface area contributed by atoms with Gasteiger partial charge in [-0.3, -0.25) is 10.1 Å². The minimum absolute atomic E-state index is 0.0639. The first-order valence-corrected chi connectivity index (χ1v) is 7.52. The number of hydrogen-bond acceptors (Lipinski definition) is 5. The van der Waals surface area contributed by atoms with E-state index in [4.69, 9.17) is 11.6 Å². The van der Waals surface area contributed by atoms with Gasteiger partial charge in [0.15, 0.2) is 0 Å². The zero-order valence-electron chi connectivity index (χ0n) is 13.3. The first-order chi connectivity index (χ1) is 10.3. The monoisotopic (exact) mass is 324 g/mol. The van der Waals surface area contributed by atoms with E-state index in [2.05, 4.69) is 10.3 Å². The normalized spacial score (nSPS) is 21.1. The molecule has 22 heavy (non-hydrogen) atoms. The van der Waals surface area contributed by atoms with Crippen LogP contribution in [0.5, 0.6) is 0 Å². The molecule has 0 saturated heterocycles. The van der Waals surface area contributed by atoms with Gasteiger partial charge in [0.1, 0.15) is 5.15 Å². The second-order valence-corrected chi connectivity index (χ2v) is 6.61. The molecule has 0 fully saturated rings. The van der Waals surface area contributed by atoms with Crippen LogP contribution in [0.3, 0.4) is 0 Å². The van der Waals surface area contributed by atoms with Crippen LogP contribution in [0.2, 0.25) is 5.15 Å². The van der Waals surface area contributed by atoms with E-state index < -0.39 is 5.41 Å². The van der Waals surface area contributed by atoms with Gasteiger partial charge in [0.25, 0.3) is 5.70 Å². The molecule has 1 aromatic heterocycles. The number of nitro groups is 1. The molecule has 1 aliphatic rings. The van der Waals surface area contributed by atoms with E-state index in [9.17, 15) is 10.1 Å². The van der Waals surface area contributed by atoms with Crippen molar-refractivity contribution >= 4 is 11.6 Å². The van der Waals surface area contributed by atoms with Crippen molar-refractivity contribution in [1.29, 1.82) is 0 Å². The van der Waals surface area contributed by atoms with Gasteiger partial charge in [-0.05, 0) is 38.9 Å². The molecule has 1 aromatic rings. The molecule has 0 amide bonds. The van der Waals surface area contributed by atoms with Gasteiger partial charge in [0.05, 0.1) is 22.2 Å². The third-order valence-corrected chi connectivity index (χ3v) is 4.41. The van der Waals surface area contributed by atoms with Crippen LogP contribution in [0.4, 0.5) is 0 Å². The van der Waals surface area contributed by atoms with Crippen molar-refractivity contribution in [3.05, 3.63) is 50.6 Å². The predicted octanol–water partition coefficient (Wildman–Crippen LogP) is 2.67. The predicted molar refractivity (Wildman–Crippen MR) is 86.0 cm³/mol. The maximum atomic E-state index is 11.6. The summed E-state index contributed by atoms with van der Waals surface area (Å²) in [4.78, 5) is 17.4. The van der Waals surface area contributed by atoms with E-state index in [-0.39, 0.29) is 16.8 Å². The SMILES string of the molecule is CNC1CC(C)(C)C([N+](=O)[O-])=C(Cc2ccc(Cl)nc2)N1C. The lowest BCUT2D eigenvalue weighted by atomic mass is 9.79. The quantitative estimate of drug-likeness (QED) is 0.524. The van der Waals surface area contributed by atoms with Crippen molar-refractivity contribution in [3.8, 4) is 0 Å².